The van der Waals surface area contributed by atoms with Gasteiger partial charge in [0.25, 0.3) is 0 Å². The maximum Gasteiger partial charge on any atom is 0.161 e. The molecule has 0 bridgehead atoms. The van der Waals surface area contributed by atoms with E-state index in [0.29, 0.717) is 6.61 Å². The summed E-state index contributed by atoms with van der Waals surface area (Å²) in [4.78, 5) is 4.09. The van der Waals surface area contributed by atoms with Gasteiger partial charge in [-0.15, -0.1) is 0 Å². The summed E-state index contributed by atoms with van der Waals surface area (Å²) in [5, 5.41) is 3.12. The zero-order valence-electron chi connectivity index (χ0n) is 11.9. The Balaban J connectivity index is 1.95. The lowest BCUT2D eigenvalue weighted by atomic mass is 10.2. The molecule has 0 atom stereocenters. The molecule has 0 amide bonds. The molecule has 2 aromatic rings. The Kier molecular flexibility index (Phi) is 5.38. The molecule has 1 heterocycles. The Bertz CT molecular complexity index is 529. The minimum atomic E-state index is 0.605. The van der Waals surface area contributed by atoms with Crippen molar-refractivity contribution in [2.75, 3.05) is 20.8 Å². The lowest BCUT2D eigenvalue weighted by Gasteiger charge is -2.12. The van der Waals surface area contributed by atoms with E-state index in [1.54, 1.807) is 13.3 Å². The van der Waals surface area contributed by atoms with Crippen LogP contribution in [-0.2, 0) is 13.0 Å². The van der Waals surface area contributed by atoms with Gasteiger partial charge in [-0.3, -0.25) is 4.98 Å². The molecule has 1 aromatic carbocycles. The topological polar surface area (TPSA) is 43.4 Å². The molecule has 0 saturated heterocycles. The second kappa shape index (κ2) is 7.50. The summed E-state index contributed by atoms with van der Waals surface area (Å²) in [5.74, 6) is 1.54. The first-order chi connectivity index (χ1) is 9.83. The largest absolute Gasteiger partial charge is 0.493 e. The van der Waals surface area contributed by atoms with Crippen LogP contribution in [0.2, 0.25) is 0 Å². The van der Waals surface area contributed by atoms with Gasteiger partial charge in [0.05, 0.1) is 13.7 Å². The molecule has 0 aliphatic carbocycles. The first kappa shape index (κ1) is 14.3. The number of nitrogens with zero attached hydrogens (tertiary/aromatic N) is 1. The monoisotopic (exact) mass is 272 g/mol. The predicted octanol–water partition coefficient (Wildman–Crippen LogP) is 2.43. The van der Waals surface area contributed by atoms with Crippen molar-refractivity contribution in [2.45, 2.75) is 13.0 Å². The number of hydrogen-bond donors (Lipinski definition) is 1. The Morgan fingerprint density at radius 2 is 2.05 bits per heavy atom. The molecular formula is C16H20N2O2. The lowest BCUT2D eigenvalue weighted by Crippen LogP contribution is -2.06. The third kappa shape index (κ3) is 3.96. The molecule has 1 N–H and O–H groups in total. The van der Waals surface area contributed by atoms with Crippen LogP contribution in [0, 0.1) is 0 Å². The van der Waals surface area contributed by atoms with Crippen LogP contribution in [0.3, 0.4) is 0 Å². The van der Waals surface area contributed by atoms with Crippen molar-refractivity contribution >= 4 is 0 Å². The average Bonchev–Trinajstić information content (AvgIpc) is 2.50. The molecule has 0 aliphatic heterocycles. The van der Waals surface area contributed by atoms with Crippen molar-refractivity contribution < 1.29 is 9.47 Å². The fourth-order valence-electron chi connectivity index (χ4n) is 1.97. The fraction of sp³-hybridized carbons (Fsp3) is 0.312. The number of rotatable bonds is 7. The number of ether oxygens (including phenoxy) is 2. The summed E-state index contributed by atoms with van der Waals surface area (Å²) in [7, 11) is 3.58. The zero-order valence-corrected chi connectivity index (χ0v) is 11.9. The second-order valence-corrected chi connectivity index (χ2v) is 4.48. The lowest BCUT2D eigenvalue weighted by molar-refractivity contribution is 0.297. The van der Waals surface area contributed by atoms with E-state index in [-0.39, 0.29) is 0 Å². The fourth-order valence-corrected chi connectivity index (χ4v) is 1.97. The van der Waals surface area contributed by atoms with Crippen molar-refractivity contribution in [2.24, 2.45) is 0 Å². The van der Waals surface area contributed by atoms with Crippen molar-refractivity contribution in [1.29, 1.82) is 0 Å². The summed E-state index contributed by atoms with van der Waals surface area (Å²) in [6, 6.07) is 9.97. The maximum atomic E-state index is 5.79. The third-order valence-corrected chi connectivity index (χ3v) is 2.98. The number of nitrogens with one attached hydrogen (secondary N) is 1. The molecule has 1 aromatic heterocycles. The van der Waals surface area contributed by atoms with Gasteiger partial charge in [-0.25, -0.2) is 0 Å². The number of aromatic nitrogens is 1. The van der Waals surface area contributed by atoms with Crippen LogP contribution in [0.15, 0.2) is 42.7 Å². The number of hydrogen-bond acceptors (Lipinski definition) is 4. The van der Waals surface area contributed by atoms with E-state index < -0.39 is 0 Å². The van der Waals surface area contributed by atoms with E-state index in [1.165, 1.54) is 11.1 Å². The van der Waals surface area contributed by atoms with Crippen LogP contribution >= 0.6 is 0 Å². The van der Waals surface area contributed by atoms with Gasteiger partial charge in [-0.1, -0.05) is 12.1 Å². The number of pyridine rings is 1. The van der Waals surface area contributed by atoms with Crippen molar-refractivity contribution in [1.82, 2.24) is 10.3 Å². The summed E-state index contributed by atoms with van der Waals surface area (Å²) in [5.41, 5.74) is 2.34. The van der Waals surface area contributed by atoms with Gasteiger partial charge in [0, 0.05) is 25.4 Å². The molecule has 0 spiro atoms. The Morgan fingerprint density at radius 3 is 2.75 bits per heavy atom. The van der Waals surface area contributed by atoms with E-state index in [2.05, 4.69) is 10.3 Å². The smallest absolute Gasteiger partial charge is 0.161 e. The quantitative estimate of drug-likeness (QED) is 0.840. The van der Waals surface area contributed by atoms with Crippen LogP contribution in [0.4, 0.5) is 0 Å². The molecule has 2 rings (SSSR count). The number of methoxy groups -OCH3 is 1. The van der Waals surface area contributed by atoms with Crippen molar-refractivity contribution in [3.8, 4) is 11.5 Å². The van der Waals surface area contributed by atoms with Gasteiger partial charge < -0.3 is 14.8 Å². The van der Waals surface area contributed by atoms with Crippen LogP contribution in [-0.4, -0.2) is 25.7 Å². The molecule has 0 radical (unpaired) electrons. The van der Waals surface area contributed by atoms with Crippen molar-refractivity contribution in [3.05, 3.63) is 53.9 Å². The van der Waals surface area contributed by atoms with E-state index >= 15 is 0 Å². The SMILES string of the molecule is CNCc1ccc(OCCc2cccnc2)c(OC)c1. The van der Waals surface area contributed by atoms with Gasteiger partial charge in [-0.2, -0.15) is 0 Å². The maximum absolute atomic E-state index is 5.79. The number of benzene rings is 1. The summed E-state index contributed by atoms with van der Waals surface area (Å²) in [6.07, 6.45) is 4.46. The average molecular weight is 272 g/mol. The second-order valence-electron chi connectivity index (χ2n) is 4.48. The first-order valence-corrected chi connectivity index (χ1v) is 6.66. The summed E-state index contributed by atoms with van der Waals surface area (Å²) < 4.78 is 11.2. The molecule has 4 heteroatoms. The molecule has 20 heavy (non-hydrogen) atoms. The molecule has 0 saturated carbocycles. The molecule has 0 unspecified atom stereocenters. The molecule has 0 fully saturated rings. The molecule has 0 aliphatic rings. The minimum absolute atomic E-state index is 0.605. The van der Waals surface area contributed by atoms with Crippen LogP contribution in [0.25, 0.3) is 0 Å². The van der Waals surface area contributed by atoms with Gasteiger partial charge in [0.1, 0.15) is 0 Å². The van der Waals surface area contributed by atoms with Gasteiger partial charge in [0.15, 0.2) is 11.5 Å². The highest BCUT2D eigenvalue weighted by atomic mass is 16.5. The minimum Gasteiger partial charge on any atom is -0.493 e. The van der Waals surface area contributed by atoms with E-state index in [4.69, 9.17) is 9.47 Å². The van der Waals surface area contributed by atoms with Gasteiger partial charge in [-0.05, 0) is 36.4 Å². The zero-order chi connectivity index (χ0) is 14.2. The highest BCUT2D eigenvalue weighted by molar-refractivity contribution is 5.43. The summed E-state index contributed by atoms with van der Waals surface area (Å²) >= 11 is 0. The van der Waals surface area contributed by atoms with Gasteiger partial charge in [0.2, 0.25) is 0 Å². The molecule has 106 valence electrons. The van der Waals surface area contributed by atoms with Crippen molar-refractivity contribution in [3.63, 3.8) is 0 Å². The first-order valence-electron chi connectivity index (χ1n) is 6.66. The van der Waals surface area contributed by atoms with E-state index in [0.717, 1.165) is 24.5 Å². The third-order valence-electron chi connectivity index (χ3n) is 2.98. The Labute approximate surface area is 119 Å². The predicted molar refractivity (Wildman–Crippen MR) is 79.2 cm³/mol. The molecule has 4 nitrogen and oxygen atoms in total. The van der Waals surface area contributed by atoms with E-state index in [1.807, 2.05) is 43.6 Å². The van der Waals surface area contributed by atoms with Gasteiger partial charge >= 0.3 is 0 Å². The van der Waals surface area contributed by atoms with E-state index in [9.17, 15) is 0 Å². The summed E-state index contributed by atoms with van der Waals surface area (Å²) in [6.45, 7) is 1.42. The van der Waals surface area contributed by atoms with Crippen LogP contribution in [0.1, 0.15) is 11.1 Å². The highest BCUT2D eigenvalue weighted by Crippen LogP contribution is 2.28. The Morgan fingerprint density at radius 1 is 1.15 bits per heavy atom. The van der Waals surface area contributed by atoms with Crippen LogP contribution < -0.4 is 14.8 Å². The standard InChI is InChI=1S/C16H20N2O2/c1-17-11-14-5-6-15(16(10-14)19-2)20-9-7-13-4-3-8-18-12-13/h3-6,8,10,12,17H,7,9,11H2,1-2H3. The highest BCUT2D eigenvalue weighted by Gasteiger charge is 2.05. The molecular weight excluding hydrogens is 252 g/mol. The normalized spacial score (nSPS) is 10.3. The van der Waals surface area contributed by atoms with Crippen LogP contribution in [0.5, 0.6) is 11.5 Å². The Hall–Kier alpha value is -2.07.